The molecular formula is C30H37ClFNO5. The van der Waals surface area contributed by atoms with Gasteiger partial charge in [0.25, 0.3) is 0 Å². The molecular weight excluding hydrogens is 509 g/mol. The zero-order valence-electron chi connectivity index (χ0n) is 22.6. The molecule has 2 amide bonds. The first-order chi connectivity index (χ1) is 17.9. The lowest BCUT2D eigenvalue weighted by molar-refractivity contribution is -0.167. The van der Waals surface area contributed by atoms with Gasteiger partial charge in [0, 0.05) is 23.2 Å². The number of nitrogens with zero attached hydrogens (tertiary/aromatic N) is 1. The van der Waals surface area contributed by atoms with E-state index in [2.05, 4.69) is 0 Å². The van der Waals surface area contributed by atoms with Crippen LogP contribution in [0, 0.1) is 11.2 Å². The predicted molar refractivity (Wildman–Crippen MR) is 144 cm³/mol. The normalized spacial score (nSPS) is 24.1. The van der Waals surface area contributed by atoms with Crippen LogP contribution >= 0.6 is 11.6 Å². The van der Waals surface area contributed by atoms with Gasteiger partial charge in [0.1, 0.15) is 11.4 Å². The number of carbonyl (C=O) groups excluding carboxylic acids is 2. The molecule has 206 valence electrons. The van der Waals surface area contributed by atoms with Gasteiger partial charge in [-0.2, -0.15) is 0 Å². The zero-order valence-corrected chi connectivity index (χ0v) is 23.4. The third kappa shape index (κ3) is 6.93. The summed E-state index contributed by atoms with van der Waals surface area (Å²) in [5.74, 6) is -0.598. The van der Waals surface area contributed by atoms with Gasteiger partial charge in [-0.05, 0) is 88.6 Å². The highest BCUT2D eigenvalue weighted by Gasteiger charge is 2.51. The average Bonchev–Trinajstić information content (AvgIpc) is 3.10. The number of likely N-dealkylation sites (tertiary alicyclic amines) is 1. The Morgan fingerprint density at radius 2 is 1.92 bits per heavy atom. The number of amides is 2. The van der Waals surface area contributed by atoms with Gasteiger partial charge in [-0.15, -0.1) is 0 Å². The molecule has 2 aromatic rings. The van der Waals surface area contributed by atoms with Crippen LogP contribution in [0.4, 0.5) is 9.18 Å². The van der Waals surface area contributed by atoms with Crippen molar-refractivity contribution in [1.82, 2.24) is 4.90 Å². The van der Waals surface area contributed by atoms with E-state index in [1.54, 1.807) is 26.8 Å². The molecule has 3 atom stereocenters. The van der Waals surface area contributed by atoms with Crippen molar-refractivity contribution in [2.45, 2.75) is 84.2 Å². The summed E-state index contributed by atoms with van der Waals surface area (Å²) in [5.41, 5.74) is 0.557. The zero-order chi connectivity index (χ0) is 27.5. The monoisotopic (exact) mass is 545 g/mol. The molecule has 2 aliphatic heterocycles. The Morgan fingerprint density at radius 1 is 1.18 bits per heavy atom. The number of halogens is 2. The molecule has 0 aromatic heterocycles. The topological polar surface area (TPSA) is 65.1 Å². The van der Waals surface area contributed by atoms with Crippen molar-refractivity contribution >= 4 is 23.6 Å². The van der Waals surface area contributed by atoms with Crippen molar-refractivity contribution in [3.63, 3.8) is 0 Å². The largest absolute Gasteiger partial charge is 0.443 e. The number of hydrogen-bond acceptors (Lipinski definition) is 5. The third-order valence-electron chi connectivity index (χ3n) is 7.14. The van der Waals surface area contributed by atoms with Gasteiger partial charge < -0.3 is 14.2 Å². The van der Waals surface area contributed by atoms with Crippen LogP contribution in [0.1, 0.15) is 65.4 Å². The fourth-order valence-corrected chi connectivity index (χ4v) is 5.31. The van der Waals surface area contributed by atoms with Crippen molar-refractivity contribution in [2.24, 2.45) is 5.41 Å². The fraction of sp³-hybridized carbons (Fsp3) is 0.533. The molecule has 0 saturated carbocycles. The first-order valence-corrected chi connectivity index (χ1v) is 13.7. The third-order valence-corrected chi connectivity index (χ3v) is 7.37. The molecule has 0 spiro atoms. The number of carbonyl (C=O) groups is 2. The summed E-state index contributed by atoms with van der Waals surface area (Å²) in [7, 11) is 0. The van der Waals surface area contributed by atoms with Gasteiger partial charge in [0.05, 0.1) is 12.0 Å². The Bertz CT molecular complexity index is 1140. The number of hydrogen-bond donors (Lipinski definition) is 0. The van der Waals surface area contributed by atoms with E-state index in [1.807, 2.05) is 31.2 Å². The van der Waals surface area contributed by atoms with Crippen molar-refractivity contribution in [2.75, 3.05) is 13.2 Å². The Balaban J connectivity index is 1.50. The van der Waals surface area contributed by atoms with Crippen LogP contribution in [-0.4, -0.2) is 48.0 Å². The molecule has 0 bridgehead atoms. The molecule has 2 aliphatic rings. The van der Waals surface area contributed by atoms with Gasteiger partial charge in [-0.25, -0.2) is 14.1 Å². The average molecular weight is 546 g/mol. The molecule has 2 fully saturated rings. The number of ether oxygens (including phenoxy) is 3. The summed E-state index contributed by atoms with van der Waals surface area (Å²) in [6, 6.07) is 11.5. The van der Waals surface area contributed by atoms with Crippen molar-refractivity contribution in [3.05, 3.63) is 58.9 Å². The molecule has 0 radical (unpaired) electrons. The van der Waals surface area contributed by atoms with E-state index >= 15 is 0 Å². The number of rotatable bonds is 7. The van der Waals surface area contributed by atoms with Crippen LogP contribution in [0.3, 0.4) is 0 Å². The van der Waals surface area contributed by atoms with E-state index in [-0.39, 0.29) is 24.1 Å². The Hall–Kier alpha value is -2.48. The van der Waals surface area contributed by atoms with Gasteiger partial charge in [0.2, 0.25) is 5.91 Å². The van der Waals surface area contributed by atoms with Crippen LogP contribution < -0.4 is 0 Å². The second kappa shape index (κ2) is 11.7. The SMILES string of the molecule is CC(C)(C)OC(=O)N1C(=O)[C@](C)(CCOC2CCCCO2)C[C@H]1Cc1ccc(-c2cc(Cl)ccc2F)cc1. The molecule has 0 aliphatic carbocycles. The lowest BCUT2D eigenvalue weighted by Gasteiger charge is -2.28. The summed E-state index contributed by atoms with van der Waals surface area (Å²) in [6.45, 7) is 8.31. The first-order valence-electron chi connectivity index (χ1n) is 13.3. The highest BCUT2D eigenvalue weighted by molar-refractivity contribution is 6.30. The minimum atomic E-state index is -0.764. The maximum absolute atomic E-state index is 14.3. The van der Waals surface area contributed by atoms with Crippen LogP contribution in [0.15, 0.2) is 42.5 Å². The predicted octanol–water partition coefficient (Wildman–Crippen LogP) is 7.16. The van der Waals surface area contributed by atoms with Gasteiger partial charge >= 0.3 is 6.09 Å². The molecule has 0 N–H and O–H groups in total. The first kappa shape index (κ1) is 28.5. The van der Waals surface area contributed by atoms with Crippen LogP contribution in [0.25, 0.3) is 11.1 Å². The summed E-state index contributed by atoms with van der Waals surface area (Å²) in [4.78, 5) is 28.1. The molecule has 2 saturated heterocycles. The lowest BCUT2D eigenvalue weighted by Crippen LogP contribution is -2.44. The standard InChI is InChI=1S/C30H37ClFNO5/c1-29(2,3)38-28(35)33-23(19-30(4,27(33)34)14-16-37-26-7-5-6-15-36-26)17-20-8-10-21(11-9-20)24-18-22(31)12-13-25(24)32/h8-13,18,23,26H,5-7,14-17,19H2,1-4H3/t23-,26?,30-/m1/s1. The maximum Gasteiger partial charge on any atom is 0.417 e. The molecule has 6 nitrogen and oxygen atoms in total. The number of imide groups is 1. The second-order valence-electron chi connectivity index (χ2n) is 11.5. The summed E-state index contributed by atoms with van der Waals surface area (Å²) in [6.07, 6.45) is 3.53. The van der Waals surface area contributed by atoms with E-state index in [0.29, 0.717) is 48.6 Å². The van der Waals surface area contributed by atoms with Crippen molar-refractivity contribution in [1.29, 1.82) is 0 Å². The van der Waals surface area contributed by atoms with Crippen LogP contribution in [0.5, 0.6) is 0 Å². The van der Waals surface area contributed by atoms with Gasteiger partial charge in [-0.3, -0.25) is 4.79 Å². The van der Waals surface area contributed by atoms with E-state index < -0.39 is 17.1 Å². The Morgan fingerprint density at radius 3 is 2.58 bits per heavy atom. The smallest absolute Gasteiger partial charge is 0.417 e. The Kier molecular flexibility index (Phi) is 8.80. The molecule has 2 heterocycles. The minimum Gasteiger partial charge on any atom is -0.443 e. The van der Waals surface area contributed by atoms with Crippen LogP contribution in [0.2, 0.25) is 5.02 Å². The fourth-order valence-electron chi connectivity index (χ4n) is 5.14. The van der Waals surface area contributed by atoms with E-state index in [1.165, 1.54) is 17.0 Å². The van der Waals surface area contributed by atoms with Gasteiger partial charge in [0.15, 0.2) is 6.29 Å². The lowest BCUT2D eigenvalue weighted by atomic mass is 9.83. The van der Waals surface area contributed by atoms with Crippen LogP contribution in [-0.2, 0) is 25.4 Å². The molecule has 1 unspecified atom stereocenters. The highest BCUT2D eigenvalue weighted by Crippen LogP contribution is 2.41. The summed E-state index contributed by atoms with van der Waals surface area (Å²) >= 11 is 6.06. The Labute approximate surface area is 229 Å². The highest BCUT2D eigenvalue weighted by atomic mass is 35.5. The second-order valence-corrected chi connectivity index (χ2v) is 12.0. The molecule has 2 aromatic carbocycles. The van der Waals surface area contributed by atoms with E-state index in [4.69, 9.17) is 25.8 Å². The maximum atomic E-state index is 14.3. The molecule has 4 rings (SSSR count). The molecule has 8 heteroatoms. The van der Waals surface area contributed by atoms with Crippen molar-refractivity contribution in [3.8, 4) is 11.1 Å². The number of benzene rings is 2. The quantitative estimate of drug-likeness (QED) is 0.369. The summed E-state index contributed by atoms with van der Waals surface area (Å²) < 4.78 is 31.5. The van der Waals surface area contributed by atoms with Crippen molar-refractivity contribution < 1.29 is 28.2 Å². The molecule has 38 heavy (non-hydrogen) atoms. The summed E-state index contributed by atoms with van der Waals surface area (Å²) in [5, 5.41) is 0.460. The van der Waals surface area contributed by atoms with Gasteiger partial charge in [-0.1, -0.05) is 42.8 Å². The minimum absolute atomic E-state index is 0.232. The van der Waals surface area contributed by atoms with E-state index in [9.17, 15) is 14.0 Å². The van der Waals surface area contributed by atoms with E-state index in [0.717, 1.165) is 24.8 Å².